The second kappa shape index (κ2) is 7.37. The minimum Gasteiger partial charge on any atom is -0.339 e. The van der Waals surface area contributed by atoms with Crippen molar-refractivity contribution in [3.05, 3.63) is 29.9 Å². The number of nitrogens with one attached hydrogen (secondary N) is 1. The van der Waals surface area contributed by atoms with Crippen LogP contribution in [0.2, 0.25) is 0 Å². The van der Waals surface area contributed by atoms with Gasteiger partial charge in [0.2, 0.25) is 5.89 Å². The smallest absolute Gasteiger partial charge is 0.321 e. The summed E-state index contributed by atoms with van der Waals surface area (Å²) in [6.45, 7) is 5.23. The number of rotatable bonds is 4. The minimum atomic E-state index is -0.116. The highest BCUT2D eigenvalue weighted by molar-refractivity contribution is 5.89. The molecule has 0 spiro atoms. The zero-order valence-corrected chi connectivity index (χ0v) is 14.0. The Morgan fingerprint density at radius 1 is 1.42 bits per heavy atom. The van der Waals surface area contributed by atoms with E-state index in [-0.39, 0.29) is 6.03 Å². The first kappa shape index (κ1) is 16.4. The summed E-state index contributed by atoms with van der Waals surface area (Å²) in [4.78, 5) is 26.9. The Morgan fingerprint density at radius 3 is 2.88 bits per heavy atom. The van der Waals surface area contributed by atoms with Crippen LogP contribution in [0.3, 0.4) is 0 Å². The lowest BCUT2D eigenvalue weighted by atomic mass is 9.95. The zero-order chi connectivity index (χ0) is 16.9. The topological polar surface area (TPSA) is 97.0 Å². The van der Waals surface area contributed by atoms with E-state index in [0.29, 0.717) is 36.3 Å². The van der Waals surface area contributed by atoms with Gasteiger partial charge in [-0.05, 0) is 25.7 Å². The number of nitrogens with zero attached hydrogens (tertiary/aromatic N) is 5. The number of aryl methyl sites for hydroxylation is 2. The Balaban J connectivity index is 1.56. The lowest BCUT2D eigenvalue weighted by Crippen LogP contribution is -2.42. The van der Waals surface area contributed by atoms with Gasteiger partial charge in [-0.1, -0.05) is 12.1 Å². The first-order chi connectivity index (χ1) is 11.6. The van der Waals surface area contributed by atoms with E-state index in [2.05, 4.69) is 25.4 Å². The zero-order valence-electron chi connectivity index (χ0n) is 14.0. The van der Waals surface area contributed by atoms with Crippen LogP contribution in [0, 0.1) is 12.8 Å². The van der Waals surface area contributed by atoms with Crippen LogP contribution >= 0.6 is 0 Å². The van der Waals surface area contributed by atoms with Crippen molar-refractivity contribution in [2.45, 2.75) is 39.5 Å². The van der Waals surface area contributed by atoms with Gasteiger partial charge in [-0.2, -0.15) is 4.98 Å². The van der Waals surface area contributed by atoms with Gasteiger partial charge in [0.05, 0.1) is 18.1 Å². The molecule has 1 fully saturated rings. The largest absolute Gasteiger partial charge is 0.339 e. The van der Waals surface area contributed by atoms with Crippen LogP contribution in [0.1, 0.15) is 37.3 Å². The fourth-order valence-corrected chi connectivity index (χ4v) is 2.89. The number of piperidine rings is 1. The molecule has 1 atom stereocenters. The molecule has 2 aromatic rings. The normalized spacial score (nSPS) is 17.8. The Labute approximate surface area is 140 Å². The molecule has 0 aromatic carbocycles. The number of carbonyl (C=O) groups is 1. The third-order valence-corrected chi connectivity index (χ3v) is 4.11. The van der Waals surface area contributed by atoms with Crippen LogP contribution < -0.4 is 5.32 Å². The van der Waals surface area contributed by atoms with Crippen LogP contribution in [0.15, 0.2) is 16.9 Å². The Kier molecular flexibility index (Phi) is 5.02. The lowest BCUT2D eigenvalue weighted by Gasteiger charge is -2.32. The third-order valence-electron chi connectivity index (χ3n) is 4.11. The molecule has 1 aliphatic heterocycles. The Morgan fingerprint density at radius 2 is 2.21 bits per heavy atom. The highest BCUT2D eigenvalue weighted by atomic mass is 16.5. The highest BCUT2D eigenvalue weighted by Gasteiger charge is 2.25. The molecule has 1 N–H and O–H groups in total. The van der Waals surface area contributed by atoms with E-state index in [9.17, 15) is 4.79 Å². The summed E-state index contributed by atoms with van der Waals surface area (Å²) in [7, 11) is 0. The molecule has 8 nitrogen and oxygen atoms in total. The highest BCUT2D eigenvalue weighted by Crippen LogP contribution is 2.21. The molecule has 1 unspecified atom stereocenters. The Hall–Kier alpha value is -2.51. The summed E-state index contributed by atoms with van der Waals surface area (Å²) in [6, 6.07) is -0.116. The van der Waals surface area contributed by atoms with E-state index < -0.39 is 0 Å². The van der Waals surface area contributed by atoms with Crippen molar-refractivity contribution in [2.24, 2.45) is 5.92 Å². The van der Waals surface area contributed by atoms with Crippen LogP contribution in [-0.4, -0.2) is 44.1 Å². The van der Waals surface area contributed by atoms with Gasteiger partial charge in [0, 0.05) is 25.9 Å². The first-order valence-electron chi connectivity index (χ1n) is 8.30. The standard InChI is InChI=1S/C16H22N6O2/c1-3-14-17-8-13(9-18-14)20-16(23)22-6-4-5-12(10-22)7-15-19-11(2)21-24-15/h8-9,12H,3-7,10H2,1-2H3,(H,20,23). The van der Waals surface area contributed by atoms with E-state index in [0.717, 1.165) is 31.6 Å². The predicted octanol–water partition coefficient (Wildman–Crippen LogP) is 2.22. The predicted molar refractivity (Wildman–Crippen MR) is 87.5 cm³/mol. The number of amides is 2. The average Bonchev–Trinajstić information content (AvgIpc) is 3.00. The van der Waals surface area contributed by atoms with Crippen molar-refractivity contribution in [3.63, 3.8) is 0 Å². The molecule has 0 radical (unpaired) electrons. The molecule has 3 heterocycles. The van der Waals surface area contributed by atoms with Crippen molar-refractivity contribution in [1.29, 1.82) is 0 Å². The fraction of sp³-hybridized carbons (Fsp3) is 0.562. The lowest BCUT2D eigenvalue weighted by molar-refractivity contribution is 0.173. The van der Waals surface area contributed by atoms with Gasteiger partial charge >= 0.3 is 6.03 Å². The van der Waals surface area contributed by atoms with Crippen LogP contribution in [0.25, 0.3) is 0 Å². The first-order valence-corrected chi connectivity index (χ1v) is 8.30. The maximum absolute atomic E-state index is 12.4. The third kappa shape index (κ3) is 4.06. The summed E-state index contributed by atoms with van der Waals surface area (Å²) in [5.41, 5.74) is 0.617. The summed E-state index contributed by atoms with van der Waals surface area (Å²) >= 11 is 0. The quantitative estimate of drug-likeness (QED) is 0.923. The molecule has 2 aromatic heterocycles. The minimum absolute atomic E-state index is 0.116. The SMILES string of the molecule is CCc1ncc(NC(=O)N2CCCC(Cc3nc(C)no3)C2)cn1. The average molecular weight is 330 g/mol. The number of hydrogen-bond donors (Lipinski definition) is 1. The molecule has 0 aliphatic carbocycles. The van der Waals surface area contributed by atoms with Gasteiger partial charge in [-0.25, -0.2) is 14.8 Å². The second-order valence-corrected chi connectivity index (χ2v) is 6.07. The van der Waals surface area contributed by atoms with E-state index in [4.69, 9.17) is 4.52 Å². The number of carbonyl (C=O) groups excluding carboxylic acids is 1. The van der Waals surface area contributed by atoms with Crippen LogP contribution in [-0.2, 0) is 12.8 Å². The monoisotopic (exact) mass is 330 g/mol. The van der Waals surface area contributed by atoms with Gasteiger partial charge in [0.25, 0.3) is 0 Å². The maximum Gasteiger partial charge on any atom is 0.321 e. The van der Waals surface area contributed by atoms with Crippen LogP contribution in [0.5, 0.6) is 0 Å². The molecule has 3 rings (SSSR count). The molecule has 1 saturated heterocycles. The number of urea groups is 1. The molecular formula is C16H22N6O2. The second-order valence-electron chi connectivity index (χ2n) is 6.07. The number of likely N-dealkylation sites (tertiary alicyclic amines) is 1. The Bertz CT molecular complexity index is 684. The molecule has 0 bridgehead atoms. The van der Waals surface area contributed by atoms with Crippen LogP contribution in [0.4, 0.5) is 10.5 Å². The van der Waals surface area contributed by atoms with Gasteiger partial charge < -0.3 is 14.7 Å². The molecule has 0 saturated carbocycles. The van der Waals surface area contributed by atoms with Crippen molar-refractivity contribution in [1.82, 2.24) is 25.0 Å². The van der Waals surface area contributed by atoms with E-state index in [1.54, 1.807) is 19.3 Å². The molecule has 1 aliphatic rings. The molecular weight excluding hydrogens is 308 g/mol. The molecule has 24 heavy (non-hydrogen) atoms. The van der Waals surface area contributed by atoms with E-state index >= 15 is 0 Å². The van der Waals surface area contributed by atoms with E-state index in [1.807, 2.05) is 11.8 Å². The summed E-state index contributed by atoms with van der Waals surface area (Å²) in [5, 5.41) is 6.68. The van der Waals surface area contributed by atoms with Crippen molar-refractivity contribution in [3.8, 4) is 0 Å². The molecule has 128 valence electrons. The van der Waals surface area contributed by atoms with Crippen molar-refractivity contribution in [2.75, 3.05) is 18.4 Å². The van der Waals surface area contributed by atoms with Gasteiger partial charge in [-0.3, -0.25) is 0 Å². The van der Waals surface area contributed by atoms with Gasteiger partial charge in [0.15, 0.2) is 5.82 Å². The fourth-order valence-electron chi connectivity index (χ4n) is 2.89. The number of anilines is 1. The van der Waals surface area contributed by atoms with E-state index in [1.165, 1.54) is 0 Å². The molecule has 2 amide bonds. The van der Waals surface area contributed by atoms with Crippen molar-refractivity contribution >= 4 is 11.7 Å². The molecule has 8 heteroatoms. The van der Waals surface area contributed by atoms with Crippen molar-refractivity contribution < 1.29 is 9.32 Å². The van der Waals surface area contributed by atoms with Gasteiger partial charge in [-0.15, -0.1) is 0 Å². The number of hydrogen-bond acceptors (Lipinski definition) is 6. The summed E-state index contributed by atoms with van der Waals surface area (Å²) in [6.07, 6.45) is 6.80. The summed E-state index contributed by atoms with van der Waals surface area (Å²) < 4.78 is 5.18. The summed E-state index contributed by atoms with van der Waals surface area (Å²) in [5.74, 6) is 2.39. The number of aromatic nitrogens is 4. The van der Waals surface area contributed by atoms with Gasteiger partial charge in [0.1, 0.15) is 5.82 Å². The maximum atomic E-state index is 12.4.